The van der Waals surface area contributed by atoms with Crippen molar-refractivity contribution in [3.63, 3.8) is 0 Å². The molecule has 0 saturated carbocycles. The Kier molecular flexibility index (Phi) is 6.49. The summed E-state index contributed by atoms with van der Waals surface area (Å²) in [7, 11) is 3.19. The number of rotatable bonds is 6. The van der Waals surface area contributed by atoms with Crippen LogP contribution in [0.4, 0.5) is 8.78 Å². The summed E-state index contributed by atoms with van der Waals surface area (Å²) in [4.78, 5) is 14.6. The fourth-order valence-corrected chi connectivity index (χ4v) is 3.78. The number of amides is 1. The van der Waals surface area contributed by atoms with Gasteiger partial charge in [-0.3, -0.25) is 4.79 Å². The van der Waals surface area contributed by atoms with E-state index < -0.39 is 11.6 Å². The quantitative estimate of drug-likeness (QED) is 0.724. The molecule has 3 rings (SSSR count). The number of hydrogen-bond acceptors (Lipinski definition) is 3. The Morgan fingerprint density at radius 1 is 1.04 bits per heavy atom. The molecule has 0 bridgehead atoms. The number of aryl methyl sites for hydroxylation is 1. The van der Waals surface area contributed by atoms with E-state index in [0.29, 0.717) is 18.0 Å². The van der Waals surface area contributed by atoms with Crippen LogP contribution in [0.2, 0.25) is 0 Å². The van der Waals surface area contributed by atoms with Gasteiger partial charge >= 0.3 is 0 Å². The molecule has 0 aliphatic carbocycles. The Labute approximate surface area is 164 Å². The van der Waals surface area contributed by atoms with Crippen molar-refractivity contribution in [1.29, 1.82) is 0 Å². The average Bonchev–Trinajstić information content (AvgIpc) is 2.71. The third-order valence-corrected chi connectivity index (χ3v) is 5.21. The molecule has 1 fully saturated rings. The van der Waals surface area contributed by atoms with E-state index in [-0.39, 0.29) is 17.5 Å². The molecular weight excluding hydrogens is 364 g/mol. The van der Waals surface area contributed by atoms with Crippen LogP contribution in [0.3, 0.4) is 0 Å². The van der Waals surface area contributed by atoms with Crippen LogP contribution in [0.25, 0.3) is 0 Å². The predicted molar refractivity (Wildman–Crippen MR) is 103 cm³/mol. The van der Waals surface area contributed by atoms with Crippen molar-refractivity contribution in [2.75, 3.05) is 20.8 Å². The van der Waals surface area contributed by atoms with Crippen molar-refractivity contribution in [1.82, 2.24) is 4.90 Å². The molecule has 28 heavy (non-hydrogen) atoms. The predicted octanol–water partition coefficient (Wildman–Crippen LogP) is 4.61. The number of methoxy groups -OCH3 is 2. The van der Waals surface area contributed by atoms with Crippen LogP contribution < -0.4 is 9.47 Å². The average molecular weight is 389 g/mol. The Morgan fingerprint density at radius 3 is 2.43 bits per heavy atom. The van der Waals surface area contributed by atoms with Gasteiger partial charge in [0.1, 0.15) is 11.6 Å². The highest BCUT2D eigenvalue weighted by atomic mass is 19.1. The molecule has 150 valence electrons. The number of likely N-dealkylation sites (tertiary alicyclic amines) is 1. The third-order valence-electron chi connectivity index (χ3n) is 5.21. The SMILES string of the molecule is COc1ccc(CCC2CCCCN2C(=O)c2cc(F)cc(F)c2)cc1OC. The summed E-state index contributed by atoms with van der Waals surface area (Å²) in [5.74, 6) is -0.430. The minimum atomic E-state index is -0.734. The first-order valence-corrected chi connectivity index (χ1v) is 9.50. The summed E-state index contributed by atoms with van der Waals surface area (Å²) in [6.45, 7) is 0.605. The van der Waals surface area contributed by atoms with E-state index in [1.54, 1.807) is 19.1 Å². The maximum Gasteiger partial charge on any atom is 0.254 e. The van der Waals surface area contributed by atoms with Gasteiger partial charge in [0.05, 0.1) is 14.2 Å². The Hall–Kier alpha value is -2.63. The van der Waals surface area contributed by atoms with Crippen LogP contribution in [0.5, 0.6) is 11.5 Å². The number of piperidine rings is 1. The van der Waals surface area contributed by atoms with Crippen molar-refractivity contribution in [3.05, 3.63) is 59.2 Å². The number of carbonyl (C=O) groups excluding carboxylic acids is 1. The third kappa shape index (κ3) is 4.61. The monoisotopic (exact) mass is 389 g/mol. The zero-order chi connectivity index (χ0) is 20.1. The summed E-state index contributed by atoms with van der Waals surface area (Å²) in [6.07, 6.45) is 4.37. The van der Waals surface area contributed by atoms with Gasteiger partial charge in [-0.1, -0.05) is 6.07 Å². The van der Waals surface area contributed by atoms with Crippen LogP contribution >= 0.6 is 0 Å². The number of benzene rings is 2. The first-order valence-electron chi connectivity index (χ1n) is 9.50. The molecule has 1 heterocycles. The van der Waals surface area contributed by atoms with Gasteiger partial charge in [0.15, 0.2) is 11.5 Å². The van der Waals surface area contributed by atoms with E-state index in [1.807, 2.05) is 18.2 Å². The lowest BCUT2D eigenvalue weighted by molar-refractivity contribution is 0.0601. The molecule has 1 amide bonds. The number of hydrogen-bond donors (Lipinski definition) is 0. The van der Waals surface area contributed by atoms with Crippen LogP contribution in [0, 0.1) is 11.6 Å². The zero-order valence-corrected chi connectivity index (χ0v) is 16.2. The molecule has 0 radical (unpaired) electrons. The highest BCUT2D eigenvalue weighted by Gasteiger charge is 2.28. The van der Waals surface area contributed by atoms with E-state index in [0.717, 1.165) is 55.9 Å². The molecule has 0 aromatic heterocycles. The number of ether oxygens (including phenoxy) is 2. The molecule has 2 aromatic carbocycles. The van der Waals surface area contributed by atoms with E-state index in [4.69, 9.17) is 9.47 Å². The summed E-state index contributed by atoms with van der Waals surface area (Å²) < 4.78 is 37.7. The minimum absolute atomic E-state index is 0.0423. The highest BCUT2D eigenvalue weighted by molar-refractivity contribution is 5.94. The van der Waals surface area contributed by atoms with Crippen molar-refractivity contribution in [2.45, 2.75) is 38.1 Å². The largest absolute Gasteiger partial charge is 0.493 e. The maximum absolute atomic E-state index is 13.5. The molecule has 1 aliphatic heterocycles. The summed E-state index contributed by atoms with van der Waals surface area (Å²) in [5, 5.41) is 0. The normalized spacial score (nSPS) is 16.7. The van der Waals surface area contributed by atoms with Gasteiger partial charge in [-0.05, 0) is 61.9 Å². The first-order chi connectivity index (χ1) is 13.5. The van der Waals surface area contributed by atoms with Gasteiger partial charge < -0.3 is 14.4 Å². The van der Waals surface area contributed by atoms with E-state index >= 15 is 0 Å². The number of nitrogens with zero attached hydrogens (tertiary/aromatic N) is 1. The van der Waals surface area contributed by atoms with Gasteiger partial charge in [-0.15, -0.1) is 0 Å². The fourth-order valence-electron chi connectivity index (χ4n) is 3.78. The smallest absolute Gasteiger partial charge is 0.254 e. The Morgan fingerprint density at radius 2 is 1.75 bits per heavy atom. The first kappa shape index (κ1) is 20.1. The molecule has 1 saturated heterocycles. The topological polar surface area (TPSA) is 38.8 Å². The van der Waals surface area contributed by atoms with Crippen LogP contribution in [0.15, 0.2) is 36.4 Å². The van der Waals surface area contributed by atoms with Gasteiger partial charge in [0.2, 0.25) is 0 Å². The van der Waals surface area contributed by atoms with Crippen LogP contribution in [-0.2, 0) is 6.42 Å². The van der Waals surface area contributed by atoms with Crippen molar-refractivity contribution in [2.24, 2.45) is 0 Å². The van der Waals surface area contributed by atoms with Crippen molar-refractivity contribution < 1.29 is 23.0 Å². The fraction of sp³-hybridized carbons (Fsp3) is 0.409. The molecule has 2 aromatic rings. The lowest BCUT2D eigenvalue weighted by Gasteiger charge is -2.36. The second-order valence-electron chi connectivity index (χ2n) is 7.03. The van der Waals surface area contributed by atoms with Crippen molar-refractivity contribution >= 4 is 5.91 Å². The van der Waals surface area contributed by atoms with E-state index in [2.05, 4.69) is 0 Å². The van der Waals surface area contributed by atoms with E-state index in [9.17, 15) is 13.6 Å². The lowest BCUT2D eigenvalue weighted by Crippen LogP contribution is -2.44. The molecule has 1 aliphatic rings. The van der Waals surface area contributed by atoms with Gasteiger partial charge in [0, 0.05) is 24.2 Å². The zero-order valence-electron chi connectivity index (χ0n) is 16.2. The molecule has 0 N–H and O–H groups in total. The molecule has 4 nitrogen and oxygen atoms in total. The molecule has 1 unspecified atom stereocenters. The van der Waals surface area contributed by atoms with Gasteiger partial charge in [-0.25, -0.2) is 8.78 Å². The summed E-state index contributed by atoms with van der Waals surface area (Å²) in [6, 6.07) is 8.82. The van der Waals surface area contributed by atoms with Crippen LogP contribution in [-0.4, -0.2) is 37.6 Å². The molecular formula is C22H25F2NO3. The highest BCUT2D eigenvalue weighted by Crippen LogP contribution is 2.29. The molecule has 1 atom stereocenters. The van der Waals surface area contributed by atoms with Gasteiger partial charge in [-0.2, -0.15) is 0 Å². The second kappa shape index (κ2) is 9.04. The van der Waals surface area contributed by atoms with Gasteiger partial charge in [0.25, 0.3) is 5.91 Å². The Bertz CT molecular complexity index is 820. The summed E-state index contributed by atoms with van der Waals surface area (Å²) >= 11 is 0. The second-order valence-corrected chi connectivity index (χ2v) is 7.03. The van der Waals surface area contributed by atoms with Crippen molar-refractivity contribution in [3.8, 4) is 11.5 Å². The maximum atomic E-state index is 13.5. The standard InChI is InChI=1S/C22H25F2NO3/c1-27-20-9-7-15(11-21(20)28-2)6-8-19-5-3-4-10-25(19)22(26)16-12-17(23)14-18(24)13-16/h7,9,11-14,19H,3-6,8,10H2,1-2H3. The lowest BCUT2D eigenvalue weighted by atomic mass is 9.95. The summed E-state index contributed by atoms with van der Waals surface area (Å²) in [5.41, 5.74) is 1.16. The minimum Gasteiger partial charge on any atom is -0.493 e. The number of halogens is 2. The van der Waals surface area contributed by atoms with Crippen LogP contribution in [0.1, 0.15) is 41.6 Å². The number of carbonyl (C=O) groups is 1. The molecule has 6 heteroatoms. The Balaban J connectivity index is 1.72. The van der Waals surface area contributed by atoms with E-state index in [1.165, 1.54) is 0 Å². The molecule has 0 spiro atoms.